The summed E-state index contributed by atoms with van der Waals surface area (Å²) in [6.45, 7) is 11.1. The van der Waals surface area contributed by atoms with Gasteiger partial charge < -0.3 is 5.73 Å². The molecule has 0 amide bonds. The topological polar surface area (TPSA) is 38.4 Å². The van der Waals surface area contributed by atoms with Crippen molar-refractivity contribution in [3.8, 4) is 0 Å². The van der Waals surface area contributed by atoms with E-state index >= 15 is 0 Å². The molecule has 0 spiro atoms. The molecule has 1 aliphatic rings. The number of unbranched alkanes of at least 4 members (excludes halogenated alkanes) is 3. The second-order valence-electron chi connectivity index (χ2n) is 8.33. The highest BCUT2D eigenvalue weighted by molar-refractivity contribution is 6.15. The van der Waals surface area contributed by atoms with Gasteiger partial charge in [-0.05, 0) is 30.2 Å². The summed E-state index contributed by atoms with van der Waals surface area (Å²) < 4.78 is 52.3. The third-order valence-corrected chi connectivity index (χ3v) is 5.24. The van der Waals surface area contributed by atoms with Gasteiger partial charge in [0, 0.05) is 22.4 Å². The van der Waals surface area contributed by atoms with E-state index in [4.69, 9.17) is 5.73 Å². The average Bonchev–Trinajstić information content (AvgIpc) is 2.97. The number of hydrogen-bond donors (Lipinski definition) is 1. The monoisotopic (exact) mass is 478 g/mol. The van der Waals surface area contributed by atoms with Crippen LogP contribution >= 0.6 is 0 Å². The van der Waals surface area contributed by atoms with Crippen molar-refractivity contribution in [3.63, 3.8) is 0 Å². The largest absolute Gasteiger partial charge is 0.416 e. The van der Waals surface area contributed by atoms with E-state index in [0.717, 1.165) is 18.1 Å². The number of halogens is 4. The molecule has 0 unspecified atom stereocenters. The van der Waals surface area contributed by atoms with Crippen molar-refractivity contribution in [3.05, 3.63) is 76.6 Å². The van der Waals surface area contributed by atoms with Gasteiger partial charge in [-0.15, -0.1) is 0 Å². The van der Waals surface area contributed by atoms with E-state index in [2.05, 4.69) is 25.8 Å². The number of benzene rings is 2. The summed E-state index contributed by atoms with van der Waals surface area (Å²) in [5, 5.41) is 0. The molecule has 2 aromatic carbocycles. The van der Waals surface area contributed by atoms with Gasteiger partial charge in [0.05, 0.1) is 17.8 Å². The van der Waals surface area contributed by atoms with E-state index < -0.39 is 17.6 Å². The lowest BCUT2D eigenvalue weighted by Crippen LogP contribution is -2.12. The van der Waals surface area contributed by atoms with Gasteiger partial charge in [0.2, 0.25) is 0 Å². The predicted octanol–water partition coefficient (Wildman–Crippen LogP) is 8.63. The summed E-state index contributed by atoms with van der Waals surface area (Å²) in [5.41, 5.74) is 7.02. The zero-order valence-electron chi connectivity index (χ0n) is 21.0. The molecule has 2 aromatic rings. The Morgan fingerprint density at radius 2 is 1.59 bits per heavy atom. The van der Waals surface area contributed by atoms with Crippen molar-refractivity contribution in [2.75, 3.05) is 6.54 Å². The predicted molar refractivity (Wildman–Crippen MR) is 135 cm³/mol. The maximum absolute atomic E-state index is 14.3. The highest BCUT2D eigenvalue weighted by Crippen LogP contribution is 2.31. The van der Waals surface area contributed by atoms with Gasteiger partial charge in [-0.1, -0.05) is 91.0 Å². The van der Waals surface area contributed by atoms with Crippen molar-refractivity contribution in [2.45, 2.75) is 72.9 Å². The smallest absolute Gasteiger partial charge is 0.398 e. The van der Waals surface area contributed by atoms with E-state index in [1.807, 2.05) is 13.8 Å². The van der Waals surface area contributed by atoms with Gasteiger partial charge in [0.1, 0.15) is 5.82 Å². The molecule has 0 aromatic heterocycles. The van der Waals surface area contributed by atoms with E-state index in [1.165, 1.54) is 32.1 Å². The Bertz CT molecular complexity index is 944. The van der Waals surface area contributed by atoms with Crippen LogP contribution in [0.4, 0.5) is 17.6 Å². The standard InChI is InChI=1S/C17H12F4N2.C9H20.C2H6/c18-14-9-10(17(19,20)21)5-6-13(14)16-12-4-2-1-3-11(12)15(22)7-8-23-16;1-4-5-6-7-8-9(2)3;1-2/h1-7,9H,8,22H2;9H,4-8H2,1-3H3;1-2H3. The lowest BCUT2D eigenvalue weighted by Gasteiger charge is -2.13. The van der Waals surface area contributed by atoms with Crippen LogP contribution in [0.5, 0.6) is 0 Å². The van der Waals surface area contributed by atoms with E-state index in [1.54, 1.807) is 30.3 Å². The fourth-order valence-corrected chi connectivity index (χ4v) is 3.46. The van der Waals surface area contributed by atoms with Crippen LogP contribution in [-0.4, -0.2) is 12.3 Å². The van der Waals surface area contributed by atoms with Crippen LogP contribution < -0.4 is 5.73 Å². The lowest BCUT2D eigenvalue weighted by molar-refractivity contribution is -0.137. The van der Waals surface area contributed by atoms with Crippen LogP contribution in [0.2, 0.25) is 0 Å². The zero-order chi connectivity index (χ0) is 25.7. The number of alkyl halides is 3. The molecular weight excluding hydrogens is 440 g/mol. The highest BCUT2D eigenvalue weighted by Gasteiger charge is 2.31. The molecule has 0 saturated carbocycles. The van der Waals surface area contributed by atoms with Gasteiger partial charge in [-0.3, -0.25) is 4.99 Å². The first-order valence-corrected chi connectivity index (χ1v) is 12.1. The fourth-order valence-electron chi connectivity index (χ4n) is 3.46. The molecule has 2 nitrogen and oxygen atoms in total. The number of nitrogens with zero attached hydrogens (tertiary/aromatic N) is 1. The average molecular weight is 479 g/mol. The minimum Gasteiger partial charge on any atom is -0.398 e. The Kier molecular flexibility index (Phi) is 12.6. The normalized spacial score (nSPS) is 12.9. The summed E-state index contributed by atoms with van der Waals surface area (Å²) in [6.07, 6.45) is 4.17. The van der Waals surface area contributed by atoms with Crippen molar-refractivity contribution < 1.29 is 17.6 Å². The SMILES string of the molecule is CC.CCCCCCC(C)C.NC1=CCN=C(c2ccc(C(F)(F)F)cc2F)c2ccccc21. The Morgan fingerprint density at radius 3 is 2.15 bits per heavy atom. The van der Waals surface area contributed by atoms with Crippen LogP contribution in [0.25, 0.3) is 5.70 Å². The van der Waals surface area contributed by atoms with E-state index in [0.29, 0.717) is 28.6 Å². The van der Waals surface area contributed by atoms with Gasteiger partial charge in [-0.2, -0.15) is 13.2 Å². The summed E-state index contributed by atoms with van der Waals surface area (Å²) in [6, 6.07) is 9.46. The molecule has 0 fully saturated rings. The molecule has 0 saturated heterocycles. The lowest BCUT2D eigenvalue weighted by atomic mass is 9.95. The maximum Gasteiger partial charge on any atom is 0.416 e. The fraction of sp³-hybridized carbons (Fsp3) is 0.464. The van der Waals surface area contributed by atoms with Crippen molar-refractivity contribution in [1.82, 2.24) is 0 Å². The van der Waals surface area contributed by atoms with Crippen LogP contribution in [-0.2, 0) is 6.18 Å². The quantitative estimate of drug-likeness (QED) is 0.327. The molecule has 2 N–H and O–H groups in total. The molecular formula is C28H38F4N2. The molecule has 1 aliphatic heterocycles. The van der Waals surface area contributed by atoms with Gasteiger partial charge in [-0.25, -0.2) is 4.39 Å². The van der Waals surface area contributed by atoms with Crippen molar-refractivity contribution in [1.29, 1.82) is 0 Å². The zero-order valence-corrected chi connectivity index (χ0v) is 21.0. The van der Waals surface area contributed by atoms with E-state index in [-0.39, 0.29) is 12.1 Å². The van der Waals surface area contributed by atoms with Gasteiger partial charge in [0.15, 0.2) is 0 Å². The molecule has 6 heteroatoms. The van der Waals surface area contributed by atoms with Crippen LogP contribution in [0, 0.1) is 11.7 Å². The minimum atomic E-state index is -4.59. The van der Waals surface area contributed by atoms with Crippen LogP contribution in [0.3, 0.4) is 0 Å². The maximum atomic E-state index is 14.3. The number of nitrogens with two attached hydrogens (primary N) is 1. The highest BCUT2D eigenvalue weighted by atomic mass is 19.4. The van der Waals surface area contributed by atoms with Gasteiger partial charge >= 0.3 is 6.18 Å². The number of hydrogen-bond acceptors (Lipinski definition) is 2. The summed E-state index contributed by atoms with van der Waals surface area (Å²) in [5.74, 6) is -0.0595. The molecule has 1 heterocycles. The first-order valence-electron chi connectivity index (χ1n) is 12.1. The minimum absolute atomic E-state index is 0.0218. The molecule has 0 atom stereocenters. The summed E-state index contributed by atoms with van der Waals surface area (Å²) in [7, 11) is 0. The second kappa shape index (κ2) is 14.6. The first kappa shape index (κ1) is 29.4. The van der Waals surface area contributed by atoms with Crippen LogP contribution in [0.15, 0.2) is 53.5 Å². The van der Waals surface area contributed by atoms with E-state index in [9.17, 15) is 17.6 Å². The van der Waals surface area contributed by atoms with Crippen LogP contribution in [0.1, 0.15) is 89.0 Å². The molecule has 0 bridgehead atoms. The van der Waals surface area contributed by atoms with Gasteiger partial charge in [0.25, 0.3) is 0 Å². The summed E-state index contributed by atoms with van der Waals surface area (Å²) in [4.78, 5) is 4.28. The Balaban J connectivity index is 0.000000446. The molecule has 0 radical (unpaired) electrons. The Labute approximate surface area is 202 Å². The summed E-state index contributed by atoms with van der Waals surface area (Å²) >= 11 is 0. The Morgan fingerprint density at radius 1 is 0.941 bits per heavy atom. The Hall–Kier alpha value is -2.63. The molecule has 34 heavy (non-hydrogen) atoms. The molecule has 3 rings (SSSR count). The number of fused-ring (bicyclic) bond motifs is 1. The second-order valence-corrected chi connectivity index (χ2v) is 8.33. The molecule has 188 valence electrons. The molecule has 0 aliphatic carbocycles. The van der Waals surface area contributed by atoms with Crippen molar-refractivity contribution >= 4 is 11.4 Å². The van der Waals surface area contributed by atoms with Crippen molar-refractivity contribution in [2.24, 2.45) is 16.6 Å². The number of aliphatic imine (C=N–C) groups is 1. The number of rotatable bonds is 6. The first-order chi connectivity index (χ1) is 16.1. The third-order valence-electron chi connectivity index (χ3n) is 5.24. The third kappa shape index (κ3) is 8.96.